The first-order valence-electron chi connectivity index (χ1n) is 7.28. The van der Waals surface area contributed by atoms with E-state index in [1.165, 1.54) is 7.11 Å². The molecule has 23 heavy (non-hydrogen) atoms. The summed E-state index contributed by atoms with van der Waals surface area (Å²) < 4.78 is 11.2. The molecule has 0 heterocycles. The number of amides is 1. The van der Waals surface area contributed by atoms with Gasteiger partial charge in [0.1, 0.15) is 12.4 Å². The number of benzene rings is 2. The van der Waals surface area contributed by atoms with Gasteiger partial charge in [0.2, 0.25) is 0 Å². The molecule has 0 saturated carbocycles. The molecule has 2 aromatic rings. The number of methoxy groups -OCH3 is 1. The Balaban J connectivity index is 2.22. The lowest BCUT2D eigenvalue weighted by Gasteiger charge is -2.18. The average molecular weight is 334 g/mol. The second kappa shape index (κ2) is 7.99. The SMILES string of the molecule is CNC(=O)C(OC)c1ccccc1COc1ccc(Cl)cc1C. The number of carbonyl (C=O) groups excluding carboxylic acids is 1. The minimum atomic E-state index is -0.661. The second-order valence-corrected chi connectivity index (χ2v) is 5.56. The van der Waals surface area contributed by atoms with Crippen LogP contribution in [-0.2, 0) is 16.1 Å². The van der Waals surface area contributed by atoms with Crippen LogP contribution in [0.3, 0.4) is 0 Å². The fraction of sp³-hybridized carbons (Fsp3) is 0.278. The molecule has 0 aliphatic carbocycles. The lowest BCUT2D eigenvalue weighted by molar-refractivity contribution is -0.130. The Morgan fingerprint density at radius 1 is 1.26 bits per heavy atom. The average Bonchev–Trinajstić information content (AvgIpc) is 2.55. The van der Waals surface area contributed by atoms with Crippen molar-refractivity contribution in [1.82, 2.24) is 5.32 Å². The van der Waals surface area contributed by atoms with Gasteiger partial charge >= 0.3 is 0 Å². The molecule has 1 atom stereocenters. The van der Waals surface area contributed by atoms with E-state index in [-0.39, 0.29) is 5.91 Å². The van der Waals surface area contributed by atoms with Crippen LogP contribution in [-0.4, -0.2) is 20.1 Å². The molecule has 0 spiro atoms. The van der Waals surface area contributed by atoms with Gasteiger partial charge in [0.25, 0.3) is 5.91 Å². The maximum atomic E-state index is 12.0. The van der Waals surface area contributed by atoms with Crippen molar-refractivity contribution < 1.29 is 14.3 Å². The van der Waals surface area contributed by atoms with Crippen molar-refractivity contribution >= 4 is 17.5 Å². The number of aryl methyl sites for hydroxylation is 1. The van der Waals surface area contributed by atoms with Gasteiger partial charge in [-0.15, -0.1) is 0 Å². The minimum Gasteiger partial charge on any atom is -0.489 e. The van der Waals surface area contributed by atoms with Crippen LogP contribution >= 0.6 is 11.6 Å². The van der Waals surface area contributed by atoms with E-state index in [1.54, 1.807) is 13.1 Å². The van der Waals surface area contributed by atoms with Crippen LogP contribution in [0.4, 0.5) is 0 Å². The monoisotopic (exact) mass is 333 g/mol. The molecule has 2 rings (SSSR count). The molecule has 0 aliphatic rings. The summed E-state index contributed by atoms with van der Waals surface area (Å²) in [6.07, 6.45) is -0.661. The van der Waals surface area contributed by atoms with Crippen LogP contribution in [0, 0.1) is 6.92 Å². The zero-order valence-electron chi connectivity index (χ0n) is 13.4. The van der Waals surface area contributed by atoms with Crippen LogP contribution in [0.2, 0.25) is 5.02 Å². The van der Waals surface area contributed by atoms with E-state index in [9.17, 15) is 4.79 Å². The summed E-state index contributed by atoms with van der Waals surface area (Å²) in [5.41, 5.74) is 2.66. The second-order valence-electron chi connectivity index (χ2n) is 5.13. The molecule has 1 amide bonds. The first-order chi connectivity index (χ1) is 11.1. The topological polar surface area (TPSA) is 47.6 Å². The molecule has 5 heteroatoms. The normalized spacial score (nSPS) is 11.8. The van der Waals surface area contributed by atoms with Crippen LogP contribution < -0.4 is 10.1 Å². The lowest BCUT2D eigenvalue weighted by atomic mass is 10.0. The predicted octanol–water partition coefficient (Wildman–Crippen LogP) is 3.66. The van der Waals surface area contributed by atoms with E-state index in [0.29, 0.717) is 11.6 Å². The third kappa shape index (κ3) is 4.24. The summed E-state index contributed by atoms with van der Waals surface area (Å²) in [7, 11) is 3.10. The predicted molar refractivity (Wildman–Crippen MR) is 90.8 cm³/mol. The smallest absolute Gasteiger partial charge is 0.253 e. The van der Waals surface area contributed by atoms with Crippen LogP contribution in [0.1, 0.15) is 22.8 Å². The zero-order chi connectivity index (χ0) is 16.8. The van der Waals surface area contributed by atoms with Crippen LogP contribution in [0.15, 0.2) is 42.5 Å². The summed E-state index contributed by atoms with van der Waals surface area (Å²) >= 11 is 5.95. The molecule has 1 unspecified atom stereocenters. The number of ether oxygens (including phenoxy) is 2. The quantitative estimate of drug-likeness (QED) is 0.877. The first-order valence-corrected chi connectivity index (χ1v) is 7.65. The Morgan fingerprint density at radius 2 is 2.00 bits per heavy atom. The van der Waals surface area contributed by atoms with Crippen molar-refractivity contribution in [3.05, 3.63) is 64.2 Å². The number of hydrogen-bond donors (Lipinski definition) is 1. The maximum Gasteiger partial charge on any atom is 0.253 e. The van der Waals surface area contributed by atoms with Gasteiger partial charge in [0.15, 0.2) is 6.10 Å². The van der Waals surface area contributed by atoms with E-state index >= 15 is 0 Å². The summed E-state index contributed by atoms with van der Waals surface area (Å²) in [4.78, 5) is 12.0. The van der Waals surface area contributed by atoms with Gasteiger partial charge in [-0.05, 0) is 41.8 Å². The van der Waals surface area contributed by atoms with Gasteiger partial charge in [0, 0.05) is 19.2 Å². The van der Waals surface area contributed by atoms with E-state index in [1.807, 2.05) is 43.3 Å². The van der Waals surface area contributed by atoms with E-state index in [4.69, 9.17) is 21.1 Å². The molecule has 0 aromatic heterocycles. The molecular weight excluding hydrogens is 314 g/mol. The van der Waals surface area contributed by atoms with Crippen molar-refractivity contribution in [3.63, 3.8) is 0 Å². The highest BCUT2D eigenvalue weighted by molar-refractivity contribution is 6.30. The van der Waals surface area contributed by atoms with Crippen molar-refractivity contribution in [2.45, 2.75) is 19.6 Å². The number of halogens is 1. The van der Waals surface area contributed by atoms with Crippen LogP contribution in [0.5, 0.6) is 5.75 Å². The van der Waals surface area contributed by atoms with Crippen molar-refractivity contribution in [2.75, 3.05) is 14.2 Å². The first kappa shape index (κ1) is 17.3. The number of likely N-dealkylation sites (N-methyl/N-ethyl adjacent to an activating group) is 1. The minimum absolute atomic E-state index is 0.192. The summed E-state index contributed by atoms with van der Waals surface area (Å²) in [6, 6.07) is 13.1. The van der Waals surface area contributed by atoms with Gasteiger partial charge in [-0.1, -0.05) is 35.9 Å². The maximum absolute atomic E-state index is 12.0. The highest BCUT2D eigenvalue weighted by atomic mass is 35.5. The summed E-state index contributed by atoms with van der Waals surface area (Å²) in [5, 5.41) is 3.29. The summed E-state index contributed by atoms with van der Waals surface area (Å²) in [5.74, 6) is 0.570. The van der Waals surface area contributed by atoms with Gasteiger partial charge in [-0.3, -0.25) is 4.79 Å². The number of nitrogens with one attached hydrogen (secondary N) is 1. The van der Waals surface area contributed by atoms with Crippen molar-refractivity contribution in [2.24, 2.45) is 0 Å². The molecule has 1 N–H and O–H groups in total. The van der Waals surface area contributed by atoms with Gasteiger partial charge in [0.05, 0.1) is 0 Å². The molecule has 0 bridgehead atoms. The lowest BCUT2D eigenvalue weighted by Crippen LogP contribution is -2.27. The van der Waals surface area contributed by atoms with E-state index < -0.39 is 6.10 Å². The molecule has 0 saturated heterocycles. The molecular formula is C18H20ClNO3. The Hall–Kier alpha value is -2.04. The van der Waals surface area contributed by atoms with Crippen molar-refractivity contribution in [3.8, 4) is 5.75 Å². The van der Waals surface area contributed by atoms with Gasteiger partial charge in [-0.25, -0.2) is 0 Å². The molecule has 0 aliphatic heterocycles. The van der Waals surface area contributed by atoms with Crippen molar-refractivity contribution in [1.29, 1.82) is 0 Å². The molecule has 0 radical (unpaired) electrons. The van der Waals surface area contributed by atoms with Gasteiger partial charge < -0.3 is 14.8 Å². The molecule has 2 aromatic carbocycles. The molecule has 4 nitrogen and oxygen atoms in total. The number of rotatable bonds is 6. The molecule has 0 fully saturated rings. The third-order valence-corrected chi connectivity index (χ3v) is 3.81. The third-order valence-electron chi connectivity index (χ3n) is 3.58. The Labute approximate surface area is 141 Å². The zero-order valence-corrected chi connectivity index (χ0v) is 14.2. The number of hydrogen-bond acceptors (Lipinski definition) is 3. The largest absolute Gasteiger partial charge is 0.489 e. The highest BCUT2D eigenvalue weighted by Gasteiger charge is 2.21. The Bertz CT molecular complexity index is 688. The fourth-order valence-corrected chi connectivity index (χ4v) is 2.58. The van der Waals surface area contributed by atoms with E-state index in [0.717, 1.165) is 22.4 Å². The fourth-order valence-electron chi connectivity index (χ4n) is 2.36. The highest BCUT2D eigenvalue weighted by Crippen LogP contribution is 2.25. The summed E-state index contributed by atoms with van der Waals surface area (Å²) in [6.45, 7) is 2.28. The molecule has 122 valence electrons. The Kier molecular flexibility index (Phi) is 6.02. The Morgan fingerprint density at radius 3 is 2.65 bits per heavy atom. The number of carbonyl (C=O) groups is 1. The van der Waals surface area contributed by atoms with Crippen LogP contribution in [0.25, 0.3) is 0 Å². The standard InChI is InChI=1S/C18H20ClNO3/c1-12-10-14(19)8-9-16(12)23-11-13-6-4-5-7-15(13)17(22-3)18(21)20-2/h4-10,17H,11H2,1-3H3,(H,20,21). The van der Waals surface area contributed by atoms with Gasteiger partial charge in [-0.2, -0.15) is 0 Å². The van der Waals surface area contributed by atoms with E-state index in [2.05, 4.69) is 5.32 Å².